The second-order valence-corrected chi connectivity index (χ2v) is 10.7. The van der Waals surface area contributed by atoms with Gasteiger partial charge in [0, 0.05) is 10.7 Å². The Balaban J connectivity index is 0.00000481. The van der Waals surface area contributed by atoms with Gasteiger partial charge in [-0.1, -0.05) is 29.3 Å². The molecule has 0 spiro atoms. The van der Waals surface area contributed by atoms with Crippen molar-refractivity contribution in [2.75, 3.05) is 18.9 Å². The second-order valence-electron chi connectivity index (χ2n) is 8.12. The highest BCUT2D eigenvalue weighted by atomic mass is 79.9. The zero-order valence-electron chi connectivity index (χ0n) is 20.6. The Morgan fingerprint density at radius 3 is 2.68 bits per heavy atom. The zero-order chi connectivity index (χ0) is 26.3. The summed E-state index contributed by atoms with van der Waals surface area (Å²) in [7, 11) is -4.11. The Hall–Kier alpha value is -1.99. The molecule has 5 atom stereocenters. The summed E-state index contributed by atoms with van der Waals surface area (Å²) in [6, 6.07) is 7.05. The summed E-state index contributed by atoms with van der Waals surface area (Å²) < 4.78 is 43.5. The molecule has 2 aromatic rings. The van der Waals surface area contributed by atoms with Crippen molar-refractivity contribution >= 4 is 47.9 Å². The van der Waals surface area contributed by atoms with Crippen molar-refractivity contribution in [3.63, 3.8) is 0 Å². The number of hydrogen-bond donors (Lipinski definition) is 2. The van der Waals surface area contributed by atoms with Crippen LogP contribution in [-0.2, 0) is 28.1 Å². The summed E-state index contributed by atoms with van der Waals surface area (Å²) in [6.45, 7) is 4.99. The van der Waals surface area contributed by atoms with Crippen molar-refractivity contribution in [3.05, 3.63) is 51.5 Å². The largest absolute Gasteiger partial charge is 0.462 e. The molecule has 2 heterocycles. The lowest BCUT2D eigenvalue weighted by molar-refractivity contribution is -0.150. The number of anilines is 1. The highest BCUT2D eigenvalue weighted by Gasteiger charge is 2.36. The molecule has 0 radical (unpaired) electrons. The third-order valence-corrected chi connectivity index (χ3v) is 7.21. The molecule has 0 aliphatic carbocycles. The molecule has 0 saturated carbocycles. The number of carbonyl (C=O) groups excluding carboxylic acids is 1. The molecule has 37 heavy (non-hydrogen) atoms. The number of aromatic nitrogens is 2. The summed E-state index contributed by atoms with van der Waals surface area (Å²) in [4.78, 5) is 28.2. The van der Waals surface area contributed by atoms with Crippen molar-refractivity contribution in [1.82, 2.24) is 14.6 Å². The maximum Gasteiger partial charge on any atom is 0.459 e. The molecule has 206 valence electrons. The summed E-state index contributed by atoms with van der Waals surface area (Å²) >= 11 is 3.33. The molecule has 3 rings (SSSR count). The highest BCUT2D eigenvalue weighted by Crippen LogP contribution is 2.45. The fourth-order valence-electron chi connectivity index (χ4n) is 3.26. The van der Waals surface area contributed by atoms with E-state index in [1.165, 1.54) is 23.8 Å². The Morgan fingerprint density at radius 2 is 2.03 bits per heavy atom. The van der Waals surface area contributed by atoms with Gasteiger partial charge in [-0.05, 0) is 50.6 Å². The van der Waals surface area contributed by atoms with Crippen LogP contribution in [0.3, 0.4) is 0 Å². The van der Waals surface area contributed by atoms with Gasteiger partial charge in [-0.25, -0.2) is 9.36 Å². The number of carbonyl (C=O) groups is 1. The van der Waals surface area contributed by atoms with Crippen LogP contribution in [0, 0.1) is 0 Å². The third kappa shape index (κ3) is 9.36. The van der Waals surface area contributed by atoms with E-state index in [-0.39, 0.29) is 43.3 Å². The van der Waals surface area contributed by atoms with Crippen LogP contribution in [0.5, 0.6) is 5.75 Å². The lowest BCUT2D eigenvalue weighted by Crippen LogP contribution is -2.37. The van der Waals surface area contributed by atoms with E-state index in [2.05, 4.69) is 26.0 Å². The monoisotopic (exact) mass is 624 g/mol. The molecule has 12 nitrogen and oxygen atoms in total. The normalized spacial score (nSPS) is 20.3. The molecule has 1 aromatic heterocycles. The molecule has 1 aliphatic rings. The number of nitrogens with zero attached hydrogens (tertiary/aromatic N) is 2. The Kier molecular flexibility index (Phi) is 12.0. The average molecular weight is 626 g/mol. The molecule has 1 unspecified atom stereocenters. The van der Waals surface area contributed by atoms with Gasteiger partial charge in [0.1, 0.15) is 24.2 Å². The van der Waals surface area contributed by atoms with E-state index in [9.17, 15) is 14.2 Å². The first kappa shape index (κ1) is 31.2. The Bertz CT molecular complexity index is 1140. The lowest BCUT2D eigenvalue weighted by Gasteiger charge is -2.24. The average Bonchev–Trinajstić information content (AvgIpc) is 3.28. The summed E-state index contributed by atoms with van der Waals surface area (Å²) in [5.41, 5.74) is 4.92. The standard InChI is InChI=1S/C22H30BrN4O8P.ClH/c1-4-5-14(2)33-21(28)15(3)26-36(30,35-17-8-6-16(23)7-9-17)32-13-20-31-12-19(34-20)27-11-10-18(24)25-22(27)29;/h6-11,14-15,19-20H,4-5,12-13H2,1-3H3,(H,26,30)(H2,24,25,29);1H/t14-,15-,19-,20-,36?;/m0./s1. The molecule has 1 aliphatic heterocycles. The maximum absolute atomic E-state index is 13.6. The number of benzene rings is 1. The fraction of sp³-hybridized carbons (Fsp3) is 0.500. The van der Waals surface area contributed by atoms with Crippen molar-refractivity contribution < 1.29 is 32.6 Å². The first-order valence-corrected chi connectivity index (χ1v) is 13.7. The van der Waals surface area contributed by atoms with Gasteiger partial charge < -0.3 is 24.5 Å². The molecular weight excluding hydrogens is 595 g/mol. The van der Waals surface area contributed by atoms with Gasteiger partial charge in [0.15, 0.2) is 12.5 Å². The van der Waals surface area contributed by atoms with E-state index in [4.69, 9.17) is 29.0 Å². The third-order valence-electron chi connectivity index (χ3n) is 5.03. The molecular formula is C22H31BrClN4O8P. The van der Waals surface area contributed by atoms with Crippen LogP contribution in [0.25, 0.3) is 0 Å². The van der Waals surface area contributed by atoms with Crippen LogP contribution in [0.1, 0.15) is 39.8 Å². The lowest BCUT2D eigenvalue weighted by atomic mass is 10.2. The molecule has 1 saturated heterocycles. The van der Waals surface area contributed by atoms with Gasteiger partial charge in [0.25, 0.3) is 0 Å². The minimum absolute atomic E-state index is 0. The number of ether oxygens (including phenoxy) is 3. The van der Waals surface area contributed by atoms with Crippen LogP contribution in [0.2, 0.25) is 0 Å². The van der Waals surface area contributed by atoms with Crippen LogP contribution in [0.4, 0.5) is 5.82 Å². The number of nitrogens with two attached hydrogens (primary N) is 1. The van der Waals surface area contributed by atoms with Gasteiger partial charge in [-0.15, -0.1) is 12.4 Å². The SMILES string of the molecule is CCC[C@H](C)OC(=O)[C@H](C)NP(=O)(OC[C@H]1OC[C@@H](n2ccc(N)nc2=O)O1)Oc1ccc(Br)cc1.Cl. The van der Waals surface area contributed by atoms with E-state index in [1.54, 1.807) is 31.2 Å². The van der Waals surface area contributed by atoms with Gasteiger partial charge in [-0.3, -0.25) is 13.9 Å². The summed E-state index contributed by atoms with van der Waals surface area (Å²) in [5.74, 6) is -0.258. The molecule has 0 amide bonds. The topological polar surface area (TPSA) is 153 Å². The van der Waals surface area contributed by atoms with Crippen LogP contribution in [-0.4, -0.2) is 47.2 Å². The first-order chi connectivity index (χ1) is 17.1. The minimum Gasteiger partial charge on any atom is -0.462 e. The van der Waals surface area contributed by atoms with Crippen molar-refractivity contribution in [2.45, 2.75) is 58.3 Å². The fourth-order valence-corrected chi connectivity index (χ4v) is 5.00. The van der Waals surface area contributed by atoms with Gasteiger partial charge in [0.05, 0.1) is 12.7 Å². The molecule has 15 heteroatoms. The van der Waals surface area contributed by atoms with Crippen molar-refractivity contribution in [2.24, 2.45) is 0 Å². The smallest absolute Gasteiger partial charge is 0.459 e. The summed E-state index contributed by atoms with van der Waals surface area (Å²) in [6.07, 6.45) is 0.973. The van der Waals surface area contributed by atoms with Gasteiger partial charge in [-0.2, -0.15) is 10.1 Å². The Labute approximate surface area is 229 Å². The minimum atomic E-state index is -4.11. The van der Waals surface area contributed by atoms with E-state index in [1.807, 2.05) is 6.92 Å². The zero-order valence-corrected chi connectivity index (χ0v) is 23.9. The van der Waals surface area contributed by atoms with Crippen molar-refractivity contribution in [1.29, 1.82) is 0 Å². The van der Waals surface area contributed by atoms with Crippen LogP contribution in [0.15, 0.2) is 45.8 Å². The molecule has 1 fully saturated rings. The first-order valence-electron chi connectivity index (χ1n) is 11.4. The number of nitrogens with one attached hydrogen (secondary N) is 1. The number of halogens is 2. The van der Waals surface area contributed by atoms with Gasteiger partial charge in [0.2, 0.25) is 0 Å². The molecule has 0 bridgehead atoms. The molecule has 3 N–H and O–H groups in total. The second kappa shape index (κ2) is 14.2. The Morgan fingerprint density at radius 1 is 1.32 bits per heavy atom. The predicted molar refractivity (Wildman–Crippen MR) is 141 cm³/mol. The van der Waals surface area contributed by atoms with E-state index in [0.29, 0.717) is 6.42 Å². The van der Waals surface area contributed by atoms with E-state index < -0.39 is 38.0 Å². The maximum atomic E-state index is 13.6. The summed E-state index contributed by atoms with van der Waals surface area (Å²) in [5, 5.41) is 2.62. The number of nitrogen functional groups attached to an aromatic ring is 1. The number of hydrogen-bond acceptors (Lipinski definition) is 10. The van der Waals surface area contributed by atoms with E-state index >= 15 is 0 Å². The molecule has 1 aromatic carbocycles. The van der Waals surface area contributed by atoms with Crippen LogP contribution >= 0.6 is 36.1 Å². The van der Waals surface area contributed by atoms with Gasteiger partial charge >= 0.3 is 19.4 Å². The quantitative estimate of drug-likeness (QED) is 0.262. The predicted octanol–water partition coefficient (Wildman–Crippen LogP) is 3.79. The van der Waals surface area contributed by atoms with Crippen LogP contribution < -0.4 is 21.0 Å². The number of rotatable bonds is 12. The van der Waals surface area contributed by atoms with Crippen molar-refractivity contribution in [3.8, 4) is 5.75 Å². The number of esters is 1. The van der Waals surface area contributed by atoms with E-state index in [0.717, 1.165) is 10.9 Å². The highest BCUT2D eigenvalue weighted by molar-refractivity contribution is 9.10.